The lowest BCUT2D eigenvalue weighted by atomic mass is 9.85. The van der Waals surface area contributed by atoms with E-state index >= 15 is 0 Å². The van der Waals surface area contributed by atoms with E-state index in [9.17, 15) is 14.8 Å². The van der Waals surface area contributed by atoms with Gasteiger partial charge in [0.25, 0.3) is 0 Å². The van der Waals surface area contributed by atoms with Crippen LogP contribution in [0.1, 0.15) is 70.3 Å². The number of aromatic nitrogens is 2. The molecular formula is C23H31N5O3. The first-order chi connectivity index (χ1) is 14.7. The number of nitrogens with zero attached hydrogens (tertiary/aromatic N) is 3. The molecule has 31 heavy (non-hydrogen) atoms. The maximum absolute atomic E-state index is 13.3. The Labute approximate surface area is 182 Å². The van der Waals surface area contributed by atoms with E-state index in [1.807, 2.05) is 26.8 Å². The normalized spacial score (nSPS) is 16.6. The van der Waals surface area contributed by atoms with Crippen molar-refractivity contribution < 1.29 is 14.8 Å². The fraction of sp³-hybridized carbons (Fsp3) is 0.565. The number of H-pyrrole nitrogens is 1. The molecule has 8 heteroatoms. The van der Waals surface area contributed by atoms with Crippen LogP contribution < -0.4 is 5.32 Å². The van der Waals surface area contributed by atoms with Crippen molar-refractivity contribution in [3.63, 3.8) is 0 Å². The zero-order valence-electron chi connectivity index (χ0n) is 18.4. The molecule has 0 radical (unpaired) electrons. The lowest BCUT2D eigenvalue weighted by molar-refractivity contribution is -0.155. The number of hydroxylamine groups is 2. The number of aromatic amines is 1. The summed E-state index contributed by atoms with van der Waals surface area (Å²) in [5.41, 5.74) is 1.64. The summed E-state index contributed by atoms with van der Waals surface area (Å²) < 4.78 is 0. The van der Waals surface area contributed by atoms with Crippen LogP contribution in [0.5, 0.6) is 0 Å². The number of rotatable bonds is 8. The van der Waals surface area contributed by atoms with Crippen molar-refractivity contribution in [3.8, 4) is 6.07 Å². The summed E-state index contributed by atoms with van der Waals surface area (Å²) in [5.74, 6) is 0.338. The number of nitrogens with one attached hydrogen (secondary N) is 2. The van der Waals surface area contributed by atoms with E-state index in [0.717, 1.165) is 31.2 Å². The minimum atomic E-state index is -0.502. The number of benzene rings is 1. The van der Waals surface area contributed by atoms with Crippen LogP contribution in [0.15, 0.2) is 18.2 Å². The third-order valence-electron chi connectivity index (χ3n) is 6.05. The molecule has 1 aromatic carbocycles. The molecule has 166 valence electrons. The summed E-state index contributed by atoms with van der Waals surface area (Å²) in [4.78, 5) is 32.2. The van der Waals surface area contributed by atoms with E-state index in [2.05, 4.69) is 21.4 Å². The monoisotopic (exact) mass is 425 g/mol. The third-order valence-corrected chi connectivity index (χ3v) is 6.05. The molecule has 1 aliphatic rings. The Morgan fingerprint density at radius 2 is 2.13 bits per heavy atom. The fourth-order valence-electron chi connectivity index (χ4n) is 4.37. The van der Waals surface area contributed by atoms with E-state index in [4.69, 9.17) is 5.26 Å². The first-order valence-electron chi connectivity index (χ1n) is 10.8. The van der Waals surface area contributed by atoms with E-state index in [1.165, 1.54) is 0 Å². The summed E-state index contributed by atoms with van der Waals surface area (Å²) in [6, 6.07) is 6.95. The molecule has 3 rings (SSSR count). The van der Waals surface area contributed by atoms with E-state index in [0.29, 0.717) is 40.7 Å². The van der Waals surface area contributed by atoms with E-state index in [-0.39, 0.29) is 17.9 Å². The highest BCUT2D eigenvalue weighted by atomic mass is 16.5. The number of carbonyl (C=O) groups is 2. The molecule has 1 unspecified atom stereocenters. The lowest BCUT2D eigenvalue weighted by Gasteiger charge is -2.32. The molecule has 1 fully saturated rings. The second-order valence-corrected chi connectivity index (χ2v) is 9.58. The molecule has 1 heterocycles. The molecule has 0 aliphatic heterocycles. The largest absolute Gasteiger partial charge is 0.345 e. The van der Waals surface area contributed by atoms with Gasteiger partial charge in [-0.05, 0) is 36.0 Å². The SMILES string of the molecule is CC(C)(C)[C@H](NC(=O)C(CC1CCCC1)CN(O)C=O)c1nc2cc(C#N)ccc2[nH]1. The summed E-state index contributed by atoms with van der Waals surface area (Å²) in [5, 5.41) is 22.6. The highest BCUT2D eigenvalue weighted by molar-refractivity contribution is 5.80. The molecule has 2 atom stereocenters. The predicted octanol–water partition coefficient (Wildman–Crippen LogP) is 3.68. The molecule has 0 spiro atoms. The molecule has 0 saturated heterocycles. The number of carbonyl (C=O) groups excluding carboxylic acids is 2. The van der Waals surface area contributed by atoms with Crippen LogP contribution in [-0.2, 0) is 9.59 Å². The van der Waals surface area contributed by atoms with Gasteiger partial charge < -0.3 is 10.3 Å². The standard InChI is InChI=1S/C23H31N5O3/c1-23(2,3)20(21-25-18-9-8-16(12-24)11-19(18)26-21)27-22(30)17(13-28(31)14-29)10-15-6-4-5-7-15/h8-9,11,14-15,17,20,31H,4-7,10,13H2,1-3H3,(H,25,26)(H,27,30)/t17?,20-/m1/s1. The van der Waals surface area contributed by atoms with Gasteiger partial charge >= 0.3 is 0 Å². The highest BCUT2D eigenvalue weighted by Gasteiger charge is 2.34. The van der Waals surface area contributed by atoms with Crippen molar-refractivity contribution in [1.82, 2.24) is 20.3 Å². The van der Waals surface area contributed by atoms with E-state index in [1.54, 1.807) is 12.1 Å². The van der Waals surface area contributed by atoms with Crippen molar-refractivity contribution >= 4 is 23.4 Å². The van der Waals surface area contributed by atoms with Crippen molar-refractivity contribution in [2.75, 3.05) is 6.54 Å². The van der Waals surface area contributed by atoms with Gasteiger partial charge in [-0.2, -0.15) is 5.26 Å². The molecule has 3 N–H and O–H groups in total. The number of hydrogen-bond donors (Lipinski definition) is 3. The van der Waals surface area contributed by atoms with Crippen molar-refractivity contribution in [2.45, 2.75) is 58.9 Å². The molecule has 1 saturated carbocycles. The van der Waals surface area contributed by atoms with Crippen molar-refractivity contribution in [2.24, 2.45) is 17.3 Å². The van der Waals surface area contributed by atoms with Gasteiger partial charge in [0.15, 0.2) is 0 Å². The maximum atomic E-state index is 13.3. The second kappa shape index (κ2) is 9.48. The lowest BCUT2D eigenvalue weighted by Crippen LogP contribution is -2.43. The van der Waals surface area contributed by atoms with Crippen LogP contribution in [-0.4, -0.2) is 39.1 Å². The quantitative estimate of drug-likeness (QED) is 0.338. The topological polar surface area (TPSA) is 122 Å². The van der Waals surface area contributed by atoms with E-state index < -0.39 is 12.0 Å². The van der Waals surface area contributed by atoms with Crippen LogP contribution in [0, 0.1) is 28.6 Å². The average molecular weight is 426 g/mol. The Hall–Kier alpha value is -2.92. The minimum absolute atomic E-state index is 0.0334. The van der Waals surface area contributed by atoms with Gasteiger partial charge in [0.1, 0.15) is 5.82 Å². The smallest absolute Gasteiger partial charge is 0.233 e. The predicted molar refractivity (Wildman–Crippen MR) is 116 cm³/mol. The molecule has 2 aromatic rings. The third kappa shape index (κ3) is 5.61. The average Bonchev–Trinajstić information content (AvgIpc) is 3.38. The molecule has 1 aliphatic carbocycles. The molecule has 2 amide bonds. The number of amides is 2. The van der Waals surface area contributed by atoms with Gasteiger partial charge in [-0.15, -0.1) is 0 Å². The summed E-state index contributed by atoms with van der Waals surface area (Å²) in [6.07, 6.45) is 5.43. The summed E-state index contributed by atoms with van der Waals surface area (Å²) in [7, 11) is 0. The molecular weight excluding hydrogens is 394 g/mol. The van der Waals surface area contributed by atoms with Gasteiger partial charge in [0, 0.05) is 0 Å². The highest BCUT2D eigenvalue weighted by Crippen LogP contribution is 2.34. The van der Waals surface area contributed by atoms with Crippen molar-refractivity contribution in [3.05, 3.63) is 29.6 Å². The number of imidazole rings is 1. The molecule has 1 aromatic heterocycles. The number of fused-ring (bicyclic) bond motifs is 1. The Bertz CT molecular complexity index is 966. The van der Waals surface area contributed by atoms with Gasteiger partial charge in [-0.3, -0.25) is 14.8 Å². The van der Waals surface area contributed by atoms with Crippen LogP contribution in [0.4, 0.5) is 0 Å². The van der Waals surface area contributed by atoms with Gasteiger partial charge in [0.05, 0.1) is 41.2 Å². The Morgan fingerprint density at radius 3 is 2.74 bits per heavy atom. The first-order valence-corrected chi connectivity index (χ1v) is 10.8. The van der Waals surface area contributed by atoms with Gasteiger partial charge in [0.2, 0.25) is 12.3 Å². The molecule has 8 nitrogen and oxygen atoms in total. The van der Waals surface area contributed by atoms with Crippen LogP contribution >= 0.6 is 0 Å². The van der Waals surface area contributed by atoms with Crippen LogP contribution in [0.25, 0.3) is 11.0 Å². The number of hydrogen-bond acceptors (Lipinski definition) is 5. The fourth-order valence-corrected chi connectivity index (χ4v) is 4.37. The molecule has 0 bridgehead atoms. The first kappa shape index (κ1) is 22.8. The maximum Gasteiger partial charge on any atom is 0.233 e. The zero-order chi connectivity index (χ0) is 22.6. The Kier molecular flexibility index (Phi) is 6.96. The number of nitriles is 1. The van der Waals surface area contributed by atoms with Crippen molar-refractivity contribution in [1.29, 1.82) is 5.26 Å². The zero-order valence-corrected chi connectivity index (χ0v) is 18.4. The van der Waals surface area contributed by atoms with Crippen LogP contribution in [0.3, 0.4) is 0 Å². The minimum Gasteiger partial charge on any atom is -0.345 e. The van der Waals surface area contributed by atoms with Crippen LogP contribution in [0.2, 0.25) is 0 Å². The van der Waals surface area contributed by atoms with Gasteiger partial charge in [-0.25, -0.2) is 10.0 Å². The Balaban J connectivity index is 1.85. The van der Waals surface area contributed by atoms with Gasteiger partial charge in [-0.1, -0.05) is 46.5 Å². The summed E-state index contributed by atoms with van der Waals surface area (Å²) >= 11 is 0. The summed E-state index contributed by atoms with van der Waals surface area (Å²) in [6.45, 7) is 6.01. The second-order valence-electron chi connectivity index (χ2n) is 9.58. The Morgan fingerprint density at radius 1 is 1.42 bits per heavy atom.